The van der Waals surface area contributed by atoms with Crippen LogP contribution in [0.1, 0.15) is 6.42 Å². The first-order valence-corrected chi connectivity index (χ1v) is 4.54. The summed E-state index contributed by atoms with van der Waals surface area (Å²) >= 11 is 11.7. The molecule has 1 rings (SSSR count). The molecule has 0 amide bonds. The maximum Gasteiger partial charge on any atom is 0.142 e. The zero-order valence-electron chi connectivity index (χ0n) is 6.84. The molecule has 1 nitrogen and oxygen atoms in total. The van der Waals surface area contributed by atoms with E-state index in [1.165, 1.54) is 6.08 Å². The highest BCUT2D eigenvalue weighted by Gasteiger charge is 2.01. The standard InChI is InChI=1S/C10H8Cl2O/c11-9-5-1-3-8(4-2-6-13)7-10(9)12/h1-4,6-7H,5H2/b4-2+. The first kappa shape index (κ1) is 10.3. The van der Waals surface area contributed by atoms with Crippen molar-refractivity contribution < 1.29 is 4.79 Å². The number of allylic oxidation sites excluding steroid dienone is 8. The molecule has 13 heavy (non-hydrogen) atoms. The Morgan fingerprint density at radius 1 is 1.38 bits per heavy atom. The minimum absolute atomic E-state index is 0.525. The summed E-state index contributed by atoms with van der Waals surface area (Å²) in [5.74, 6) is 0. The molecule has 0 unspecified atom stereocenters. The first-order chi connectivity index (χ1) is 6.24. The van der Waals surface area contributed by atoms with Crippen LogP contribution in [-0.4, -0.2) is 6.29 Å². The smallest absolute Gasteiger partial charge is 0.142 e. The highest BCUT2D eigenvalue weighted by molar-refractivity contribution is 6.40. The van der Waals surface area contributed by atoms with E-state index in [0.29, 0.717) is 16.5 Å². The van der Waals surface area contributed by atoms with E-state index >= 15 is 0 Å². The van der Waals surface area contributed by atoms with E-state index < -0.39 is 0 Å². The maximum absolute atomic E-state index is 10.1. The minimum Gasteiger partial charge on any atom is -0.299 e. The van der Waals surface area contributed by atoms with Gasteiger partial charge >= 0.3 is 0 Å². The quantitative estimate of drug-likeness (QED) is 0.510. The van der Waals surface area contributed by atoms with Crippen LogP contribution in [0.4, 0.5) is 0 Å². The van der Waals surface area contributed by atoms with Gasteiger partial charge in [0.25, 0.3) is 0 Å². The van der Waals surface area contributed by atoms with E-state index in [9.17, 15) is 4.79 Å². The summed E-state index contributed by atoms with van der Waals surface area (Å²) in [4.78, 5) is 10.1. The Hall–Kier alpha value is -0.790. The number of carbonyl (C=O) groups excluding carboxylic acids is 1. The number of hydrogen-bond donors (Lipinski definition) is 0. The lowest BCUT2D eigenvalue weighted by molar-refractivity contribution is -0.104. The van der Waals surface area contributed by atoms with Gasteiger partial charge in [-0.05, 0) is 17.7 Å². The fraction of sp³-hybridized carbons (Fsp3) is 0.100. The van der Waals surface area contributed by atoms with Crippen molar-refractivity contribution in [2.24, 2.45) is 0 Å². The van der Waals surface area contributed by atoms with Crippen LogP contribution >= 0.6 is 23.2 Å². The molecule has 68 valence electrons. The fourth-order valence-corrected chi connectivity index (χ4v) is 1.27. The third-order valence-electron chi connectivity index (χ3n) is 1.53. The zero-order valence-corrected chi connectivity index (χ0v) is 8.35. The number of aldehydes is 1. The van der Waals surface area contributed by atoms with Crippen molar-refractivity contribution in [1.29, 1.82) is 0 Å². The van der Waals surface area contributed by atoms with Crippen molar-refractivity contribution in [3.8, 4) is 0 Å². The van der Waals surface area contributed by atoms with Gasteiger partial charge in [0, 0.05) is 11.5 Å². The molecule has 0 spiro atoms. The van der Waals surface area contributed by atoms with Gasteiger partial charge in [-0.2, -0.15) is 0 Å². The van der Waals surface area contributed by atoms with Crippen molar-refractivity contribution in [2.75, 3.05) is 0 Å². The lowest BCUT2D eigenvalue weighted by Gasteiger charge is -1.92. The Kier molecular flexibility index (Phi) is 4.00. The van der Waals surface area contributed by atoms with Crippen LogP contribution in [0.15, 0.2) is 46.0 Å². The van der Waals surface area contributed by atoms with Crippen LogP contribution in [0, 0.1) is 0 Å². The summed E-state index contributed by atoms with van der Waals surface area (Å²) in [6.07, 6.45) is 9.96. The van der Waals surface area contributed by atoms with E-state index in [1.807, 2.05) is 12.2 Å². The lowest BCUT2D eigenvalue weighted by atomic mass is 10.2. The van der Waals surface area contributed by atoms with Crippen LogP contribution in [0.5, 0.6) is 0 Å². The molecule has 3 heteroatoms. The van der Waals surface area contributed by atoms with Crippen LogP contribution in [-0.2, 0) is 4.79 Å². The fourth-order valence-electron chi connectivity index (χ4n) is 0.923. The average molecular weight is 215 g/mol. The van der Waals surface area contributed by atoms with Gasteiger partial charge in [0.1, 0.15) is 6.29 Å². The van der Waals surface area contributed by atoms with Crippen molar-refractivity contribution in [3.63, 3.8) is 0 Å². The summed E-state index contributed by atoms with van der Waals surface area (Å²) in [7, 11) is 0. The second-order valence-electron chi connectivity index (χ2n) is 2.50. The molecule has 1 aliphatic carbocycles. The van der Waals surface area contributed by atoms with Crippen LogP contribution in [0.25, 0.3) is 0 Å². The maximum atomic E-state index is 10.1. The van der Waals surface area contributed by atoms with Crippen molar-refractivity contribution in [1.82, 2.24) is 0 Å². The third-order valence-corrected chi connectivity index (χ3v) is 2.32. The van der Waals surface area contributed by atoms with E-state index in [1.54, 1.807) is 12.2 Å². The first-order valence-electron chi connectivity index (χ1n) is 3.78. The van der Waals surface area contributed by atoms with Gasteiger partial charge in [-0.25, -0.2) is 0 Å². The molecular formula is C10H8Cl2O. The summed E-state index contributed by atoms with van der Waals surface area (Å²) in [6.45, 7) is 0. The van der Waals surface area contributed by atoms with E-state index in [-0.39, 0.29) is 0 Å². The van der Waals surface area contributed by atoms with Crippen molar-refractivity contribution in [3.05, 3.63) is 46.0 Å². The minimum atomic E-state index is 0.525. The zero-order chi connectivity index (χ0) is 9.68. The molecular weight excluding hydrogens is 207 g/mol. The molecule has 0 heterocycles. The summed E-state index contributed by atoms with van der Waals surface area (Å²) in [5.41, 5.74) is 0.868. The molecule has 0 N–H and O–H groups in total. The molecule has 0 aromatic heterocycles. The Morgan fingerprint density at radius 2 is 2.15 bits per heavy atom. The van der Waals surface area contributed by atoms with Crippen LogP contribution in [0.2, 0.25) is 0 Å². The summed E-state index contributed by atoms with van der Waals surface area (Å²) in [5, 5.41) is 1.14. The van der Waals surface area contributed by atoms with Gasteiger partial charge in [0.2, 0.25) is 0 Å². The van der Waals surface area contributed by atoms with Gasteiger partial charge in [-0.1, -0.05) is 41.4 Å². The molecule has 0 saturated carbocycles. The molecule has 0 aliphatic heterocycles. The Bertz CT molecular complexity index is 322. The second kappa shape index (κ2) is 5.05. The average Bonchev–Trinajstić information content (AvgIpc) is 2.26. The molecule has 0 bridgehead atoms. The monoisotopic (exact) mass is 214 g/mol. The van der Waals surface area contributed by atoms with Crippen LogP contribution < -0.4 is 0 Å². The van der Waals surface area contributed by atoms with Gasteiger partial charge in [-0.3, -0.25) is 4.79 Å². The molecule has 0 aromatic carbocycles. The van der Waals surface area contributed by atoms with Crippen LogP contribution in [0.3, 0.4) is 0 Å². The predicted octanol–water partition coefficient (Wildman–Crippen LogP) is 3.32. The second-order valence-corrected chi connectivity index (χ2v) is 3.36. The molecule has 0 atom stereocenters. The number of rotatable bonds is 2. The van der Waals surface area contributed by atoms with Crippen molar-refractivity contribution >= 4 is 29.5 Å². The van der Waals surface area contributed by atoms with Gasteiger partial charge in [-0.15, -0.1) is 0 Å². The number of hydrogen-bond acceptors (Lipinski definition) is 1. The highest BCUT2D eigenvalue weighted by atomic mass is 35.5. The van der Waals surface area contributed by atoms with Crippen molar-refractivity contribution in [2.45, 2.75) is 6.42 Å². The SMILES string of the molecule is O=C/C=C/C1=CC(Cl)=C(Cl)CC=C1. The number of halogens is 2. The van der Waals surface area contributed by atoms with Gasteiger partial charge in [0.05, 0.1) is 5.03 Å². The predicted molar refractivity (Wildman–Crippen MR) is 55.8 cm³/mol. The normalized spacial score (nSPS) is 17.5. The largest absolute Gasteiger partial charge is 0.299 e. The molecule has 0 radical (unpaired) electrons. The molecule has 0 saturated heterocycles. The van der Waals surface area contributed by atoms with Gasteiger partial charge < -0.3 is 0 Å². The number of carbonyl (C=O) groups is 1. The summed E-state index contributed by atoms with van der Waals surface area (Å²) < 4.78 is 0. The molecule has 1 aliphatic rings. The molecule has 0 fully saturated rings. The Labute approximate surface area is 87.0 Å². The molecule has 0 aromatic rings. The Balaban J connectivity index is 2.92. The third kappa shape index (κ3) is 3.21. The lowest BCUT2D eigenvalue weighted by Crippen LogP contribution is -1.72. The van der Waals surface area contributed by atoms with E-state index in [4.69, 9.17) is 23.2 Å². The summed E-state index contributed by atoms with van der Waals surface area (Å²) in [6, 6.07) is 0. The van der Waals surface area contributed by atoms with E-state index in [0.717, 1.165) is 11.9 Å². The highest BCUT2D eigenvalue weighted by Crippen LogP contribution is 2.24. The van der Waals surface area contributed by atoms with Gasteiger partial charge in [0.15, 0.2) is 0 Å². The Morgan fingerprint density at radius 3 is 2.85 bits per heavy atom. The topological polar surface area (TPSA) is 17.1 Å². The van der Waals surface area contributed by atoms with E-state index in [2.05, 4.69) is 0 Å².